The fraction of sp³-hybridized carbons (Fsp3) is 0.139. The normalized spacial score (nSPS) is 11.4. The molecule has 0 spiro atoms. The number of ether oxygens (including phenoxy) is 2. The SMILES string of the molecule is O=C(O)COc1ccc(CCCS(=O)(=O)c2ccc(Cl)cc2)cc1NC(=O)/C=C/c1ccc(OCc2ccc3ccccc3n2)cc1. The van der Waals surface area contributed by atoms with Crippen LogP contribution in [0, 0.1) is 0 Å². The van der Waals surface area contributed by atoms with E-state index in [4.69, 9.17) is 26.2 Å². The van der Waals surface area contributed by atoms with Gasteiger partial charge in [0.05, 0.1) is 27.5 Å². The maximum absolute atomic E-state index is 12.8. The maximum atomic E-state index is 12.8. The Morgan fingerprint density at radius 1 is 0.894 bits per heavy atom. The molecule has 0 aliphatic rings. The van der Waals surface area contributed by atoms with E-state index in [0.717, 1.165) is 27.7 Å². The van der Waals surface area contributed by atoms with Gasteiger partial charge in [-0.05, 0) is 90.7 Å². The van der Waals surface area contributed by atoms with E-state index in [1.807, 2.05) is 48.5 Å². The van der Waals surface area contributed by atoms with E-state index in [0.29, 0.717) is 30.2 Å². The van der Waals surface area contributed by atoms with Crippen LogP contribution >= 0.6 is 11.6 Å². The number of halogens is 1. The van der Waals surface area contributed by atoms with E-state index in [1.54, 1.807) is 36.4 Å². The van der Waals surface area contributed by atoms with Gasteiger partial charge in [-0.1, -0.05) is 54.1 Å². The second-order valence-electron chi connectivity index (χ2n) is 10.6. The van der Waals surface area contributed by atoms with Crippen LogP contribution in [-0.2, 0) is 32.5 Å². The third-order valence-electron chi connectivity index (χ3n) is 7.05. The highest BCUT2D eigenvalue weighted by Gasteiger charge is 2.15. The fourth-order valence-electron chi connectivity index (χ4n) is 4.69. The molecular weight excluding hydrogens is 640 g/mol. The maximum Gasteiger partial charge on any atom is 0.341 e. The summed E-state index contributed by atoms with van der Waals surface area (Å²) in [5.74, 6) is -0.885. The number of carboxylic acid groups (broad SMARTS) is 1. The van der Waals surface area contributed by atoms with Crippen LogP contribution in [0.15, 0.2) is 114 Å². The van der Waals surface area contributed by atoms with Crippen molar-refractivity contribution in [3.8, 4) is 11.5 Å². The number of nitrogens with one attached hydrogen (secondary N) is 1. The number of anilines is 1. The lowest BCUT2D eigenvalue weighted by molar-refractivity contribution is -0.139. The zero-order valence-electron chi connectivity index (χ0n) is 25.1. The van der Waals surface area contributed by atoms with Gasteiger partial charge in [0.2, 0.25) is 5.91 Å². The zero-order chi connectivity index (χ0) is 33.2. The summed E-state index contributed by atoms with van der Waals surface area (Å²) in [5.41, 5.74) is 3.48. The van der Waals surface area contributed by atoms with Crippen LogP contribution in [0.5, 0.6) is 11.5 Å². The molecule has 0 bridgehead atoms. The molecule has 11 heteroatoms. The molecule has 4 aromatic carbocycles. The number of amides is 1. The molecule has 47 heavy (non-hydrogen) atoms. The Labute approximate surface area is 277 Å². The largest absolute Gasteiger partial charge is 0.487 e. The quantitative estimate of drug-likeness (QED) is 0.121. The van der Waals surface area contributed by atoms with Gasteiger partial charge in [0.1, 0.15) is 18.1 Å². The molecule has 1 aromatic heterocycles. The Morgan fingerprint density at radius 2 is 1.66 bits per heavy atom. The number of carbonyl (C=O) groups is 2. The molecule has 1 amide bonds. The van der Waals surface area contributed by atoms with Crippen molar-refractivity contribution in [1.29, 1.82) is 0 Å². The van der Waals surface area contributed by atoms with Gasteiger partial charge in [0.15, 0.2) is 16.4 Å². The van der Waals surface area contributed by atoms with Crippen molar-refractivity contribution < 1.29 is 32.6 Å². The van der Waals surface area contributed by atoms with Crippen molar-refractivity contribution >= 4 is 56.0 Å². The first kappa shape index (κ1) is 33.2. The van der Waals surface area contributed by atoms with Crippen molar-refractivity contribution in [2.24, 2.45) is 0 Å². The number of para-hydroxylation sites is 1. The van der Waals surface area contributed by atoms with Crippen LogP contribution in [0.25, 0.3) is 17.0 Å². The van der Waals surface area contributed by atoms with Crippen molar-refractivity contribution in [3.05, 3.63) is 131 Å². The van der Waals surface area contributed by atoms with Gasteiger partial charge in [0, 0.05) is 16.5 Å². The van der Waals surface area contributed by atoms with Crippen molar-refractivity contribution in [3.63, 3.8) is 0 Å². The number of aliphatic carboxylic acids is 1. The summed E-state index contributed by atoms with van der Waals surface area (Å²) < 4.78 is 36.6. The highest BCUT2D eigenvalue weighted by Crippen LogP contribution is 2.27. The van der Waals surface area contributed by atoms with Crippen molar-refractivity contribution in [1.82, 2.24) is 4.98 Å². The van der Waals surface area contributed by atoms with Gasteiger partial charge in [0.25, 0.3) is 0 Å². The third-order valence-corrected chi connectivity index (χ3v) is 9.12. The monoisotopic (exact) mass is 670 g/mol. The summed E-state index contributed by atoms with van der Waals surface area (Å²) in [4.78, 5) is 28.7. The van der Waals surface area contributed by atoms with E-state index in [1.165, 1.54) is 30.3 Å². The molecule has 5 rings (SSSR count). The number of rotatable bonds is 14. The van der Waals surface area contributed by atoms with Crippen molar-refractivity contribution in [2.45, 2.75) is 24.3 Å². The minimum Gasteiger partial charge on any atom is -0.487 e. The highest BCUT2D eigenvalue weighted by molar-refractivity contribution is 7.91. The molecule has 0 saturated carbocycles. The predicted molar refractivity (Wildman–Crippen MR) is 182 cm³/mol. The number of hydrogen-bond acceptors (Lipinski definition) is 7. The Hall–Kier alpha value is -5.19. The number of benzene rings is 4. The van der Waals surface area contributed by atoms with Crippen LogP contribution < -0.4 is 14.8 Å². The number of carbonyl (C=O) groups excluding carboxylic acids is 1. The molecule has 1 heterocycles. The first-order valence-corrected chi connectivity index (χ1v) is 16.7. The summed E-state index contributed by atoms with van der Waals surface area (Å²) in [6.45, 7) is -0.283. The van der Waals surface area contributed by atoms with Gasteiger partial charge < -0.3 is 19.9 Å². The van der Waals surface area contributed by atoms with E-state index in [-0.39, 0.29) is 22.1 Å². The average Bonchev–Trinajstić information content (AvgIpc) is 3.06. The molecule has 0 fully saturated rings. The Bertz CT molecular complexity index is 2010. The zero-order valence-corrected chi connectivity index (χ0v) is 26.7. The number of aryl methyl sites for hydroxylation is 1. The molecule has 2 N–H and O–H groups in total. The summed E-state index contributed by atoms with van der Waals surface area (Å²) >= 11 is 5.87. The standard InChI is InChI=1S/C36H31ClN2O7S/c37-28-12-17-31(18-13-28)47(43,44)21-3-4-26-9-19-34(46-24-36(41)42)33(22-26)39-35(40)20-10-25-7-15-30(16-8-25)45-23-29-14-11-27-5-1-2-6-32(27)38-29/h1-2,5-20,22H,3-4,21,23-24H2,(H,39,40)(H,41,42)/b20-10+. The number of carboxylic acids is 1. The number of hydrogen-bond donors (Lipinski definition) is 2. The minimum atomic E-state index is -3.50. The molecule has 0 saturated heterocycles. The summed E-state index contributed by atoms with van der Waals surface area (Å²) in [6, 6.07) is 29.9. The van der Waals surface area contributed by atoms with E-state index < -0.39 is 28.3 Å². The number of aromatic nitrogens is 1. The van der Waals surface area contributed by atoms with Gasteiger partial charge in [-0.2, -0.15) is 0 Å². The Morgan fingerprint density at radius 3 is 2.43 bits per heavy atom. The van der Waals surface area contributed by atoms with Gasteiger partial charge in [-0.25, -0.2) is 18.2 Å². The second kappa shape index (κ2) is 15.4. The molecule has 0 unspecified atom stereocenters. The van der Waals surface area contributed by atoms with Crippen LogP contribution in [0.2, 0.25) is 5.02 Å². The Balaban J connectivity index is 1.18. The summed E-state index contributed by atoms with van der Waals surface area (Å²) in [5, 5.41) is 13.3. The van der Waals surface area contributed by atoms with Crippen molar-refractivity contribution in [2.75, 3.05) is 17.7 Å². The fourth-order valence-corrected chi connectivity index (χ4v) is 6.13. The molecule has 0 radical (unpaired) electrons. The first-order valence-electron chi connectivity index (χ1n) is 14.7. The number of nitrogens with zero attached hydrogens (tertiary/aromatic N) is 1. The summed E-state index contributed by atoms with van der Waals surface area (Å²) in [7, 11) is -3.50. The molecule has 5 aromatic rings. The number of fused-ring (bicyclic) bond motifs is 1. The average molecular weight is 671 g/mol. The van der Waals surface area contributed by atoms with Gasteiger partial charge in [-0.3, -0.25) is 4.79 Å². The summed E-state index contributed by atoms with van der Waals surface area (Å²) in [6.07, 6.45) is 3.70. The van der Waals surface area contributed by atoms with Crippen LogP contribution in [-0.4, -0.2) is 42.7 Å². The third kappa shape index (κ3) is 9.65. The van der Waals surface area contributed by atoms with E-state index in [9.17, 15) is 18.0 Å². The molecule has 0 aliphatic carbocycles. The topological polar surface area (TPSA) is 132 Å². The number of pyridine rings is 1. The van der Waals surface area contributed by atoms with Gasteiger partial charge >= 0.3 is 5.97 Å². The molecule has 240 valence electrons. The highest BCUT2D eigenvalue weighted by atomic mass is 35.5. The van der Waals surface area contributed by atoms with E-state index >= 15 is 0 Å². The molecule has 0 aliphatic heterocycles. The molecule has 9 nitrogen and oxygen atoms in total. The van der Waals surface area contributed by atoms with Gasteiger partial charge in [-0.15, -0.1) is 0 Å². The number of sulfone groups is 1. The lowest BCUT2D eigenvalue weighted by Gasteiger charge is -2.13. The second-order valence-corrected chi connectivity index (χ2v) is 13.1. The smallest absolute Gasteiger partial charge is 0.341 e. The van der Waals surface area contributed by atoms with Crippen LogP contribution in [0.3, 0.4) is 0 Å². The van der Waals surface area contributed by atoms with Crippen LogP contribution in [0.1, 0.15) is 23.2 Å². The minimum absolute atomic E-state index is 0.0829. The van der Waals surface area contributed by atoms with Crippen LogP contribution in [0.4, 0.5) is 5.69 Å². The Kier molecular flexibility index (Phi) is 10.9. The van der Waals surface area contributed by atoms with E-state index in [2.05, 4.69) is 10.3 Å². The lowest BCUT2D eigenvalue weighted by atomic mass is 10.1. The lowest BCUT2D eigenvalue weighted by Crippen LogP contribution is -2.13. The predicted octanol–water partition coefficient (Wildman–Crippen LogP) is 6.99. The molecular formula is C36H31ClN2O7S. The molecule has 0 atom stereocenters. The first-order chi connectivity index (χ1) is 22.6.